The van der Waals surface area contributed by atoms with Gasteiger partial charge >= 0.3 is 24.1 Å². The number of ether oxygens (including phenoxy) is 3. The SMILES string of the molecule is CCCCOC(=O)CCN1CCN(CC2CN(c3ccc(C(=N)NC(=O)NCC(=O)OCC)cc3)C(=O)O2)CC1. The van der Waals surface area contributed by atoms with Crippen molar-refractivity contribution in [2.75, 3.05) is 70.5 Å². The Kier molecular flexibility index (Phi) is 12.2. The lowest BCUT2D eigenvalue weighted by Gasteiger charge is -2.35. The van der Waals surface area contributed by atoms with E-state index in [0.29, 0.717) is 43.9 Å². The van der Waals surface area contributed by atoms with Crippen LogP contribution >= 0.6 is 0 Å². The number of carbonyl (C=O) groups excluding carboxylic acids is 4. The van der Waals surface area contributed by atoms with Crippen LogP contribution in [0.1, 0.15) is 38.7 Å². The van der Waals surface area contributed by atoms with E-state index >= 15 is 0 Å². The number of rotatable bonds is 13. The first-order valence-electron chi connectivity index (χ1n) is 13.8. The number of cyclic esters (lactones) is 1. The van der Waals surface area contributed by atoms with Gasteiger partial charge < -0.3 is 24.4 Å². The molecule has 220 valence electrons. The van der Waals surface area contributed by atoms with Crippen molar-refractivity contribution in [2.45, 2.75) is 39.2 Å². The van der Waals surface area contributed by atoms with Gasteiger partial charge in [-0.1, -0.05) is 13.3 Å². The molecule has 3 rings (SSSR count). The number of amidine groups is 1. The van der Waals surface area contributed by atoms with E-state index in [9.17, 15) is 19.2 Å². The number of nitrogens with zero attached hydrogens (tertiary/aromatic N) is 3. The van der Waals surface area contributed by atoms with Crippen LogP contribution in [0.4, 0.5) is 15.3 Å². The van der Waals surface area contributed by atoms with Gasteiger partial charge in [0.2, 0.25) is 0 Å². The number of hydrogen-bond acceptors (Lipinski definition) is 10. The lowest BCUT2D eigenvalue weighted by atomic mass is 10.1. The third-order valence-electron chi connectivity index (χ3n) is 6.60. The highest BCUT2D eigenvalue weighted by molar-refractivity contribution is 6.06. The Morgan fingerprint density at radius 2 is 1.73 bits per heavy atom. The second kappa shape index (κ2) is 15.8. The summed E-state index contributed by atoms with van der Waals surface area (Å²) >= 11 is 0. The van der Waals surface area contributed by atoms with Crippen molar-refractivity contribution in [1.29, 1.82) is 5.41 Å². The molecule has 13 heteroatoms. The Balaban J connectivity index is 1.39. The third kappa shape index (κ3) is 9.79. The number of anilines is 1. The van der Waals surface area contributed by atoms with Gasteiger partial charge in [-0.25, -0.2) is 9.59 Å². The molecule has 1 atom stereocenters. The summed E-state index contributed by atoms with van der Waals surface area (Å²) in [6.07, 6.45) is 1.60. The van der Waals surface area contributed by atoms with Gasteiger partial charge in [0.15, 0.2) is 0 Å². The molecule has 1 unspecified atom stereocenters. The van der Waals surface area contributed by atoms with Crippen molar-refractivity contribution in [2.24, 2.45) is 0 Å². The number of piperazine rings is 1. The van der Waals surface area contributed by atoms with Crippen molar-refractivity contribution in [3.63, 3.8) is 0 Å². The predicted octanol–water partition coefficient (Wildman–Crippen LogP) is 1.55. The Hall–Kier alpha value is -3.71. The Bertz CT molecular complexity index is 1030. The van der Waals surface area contributed by atoms with E-state index in [1.807, 2.05) is 0 Å². The first-order chi connectivity index (χ1) is 19.3. The zero-order chi connectivity index (χ0) is 28.9. The second-order valence-corrected chi connectivity index (χ2v) is 9.62. The average molecular weight is 561 g/mol. The van der Waals surface area contributed by atoms with Gasteiger partial charge in [0.25, 0.3) is 0 Å². The average Bonchev–Trinajstić information content (AvgIpc) is 3.31. The van der Waals surface area contributed by atoms with Gasteiger partial charge in [0.1, 0.15) is 18.5 Å². The molecule has 0 spiro atoms. The van der Waals surface area contributed by atoms with E-state index in [0.717, 1.165) is 39.0 Å². The molecule has 13 nitrogen and oxygen atoms in total. The monoisotopic (exact) mass is 560 g/mol. The summed E-state index contributed by atoms with van der Waals surface area (Å²) in [6.45, 7) is 9.21. The normalized spacial score (nSPS) is 17.7. The van der Waals surface area contributed by atoms with E-state index in [4.69, 9.17) is 19.6 Å². The van der Waals surface area contributed by atoms with Crippen molar-refractivity contribution >= 4 is 35.6 Å². The summed E-state index contributed by atoms with van der Waals surface area (Å²) in [6, 6.07) is 5.94. The molecule has 2 fully saturated rings. The number of nitrogens with one attached hydrogen (secondary N) is 3. The maximum atomic E-state index is 12.5. The van der Waals surface area contributed by atoms with Gasteiger partial charge in [0.05, 0.1) is 26.2 Å². The molecular weight excluding hydrogens is 520 g/mol. The van der Waals surface area contributed by atoms with E-state index in [2.05, 4.69) is 27.4 Å². The highest BCUT2D eigenvalue weighted by Crippen LogP contribution is 2.23. The van der Waals surface area contributed by atoms with Crippen molar-refractivity contribution < 1.29 is 33.4 Å². The van der Waals surface area contributed by atoms with Crippen LogP contribution in [0.25, 0.3) is 0 Å². The topological polar surface area (TPSA) is 154 Å². The van der Waals surface area contributed by atoms with Crippen LogP contribution in [-0.2, 0) is 23.8 Å². The maximum absolute atomic E-state index is 12.5. The molecule has 40 heavy (non-hydrogen) atoms. The number of esters is 2. The van der Waals surface area contributed by atoms with E-state index < -0.39 is 18.1 Å². The molecular formula is C27H40N6O7. The summed E-state index contributed by atoms with van der Waals surface area (Å²) < 4.78 is 15.6. The van der Waals surface area contributed by atoms with E-state index in [1.165, 1.54) is 0 Å². The van der Waals surface area contributed by atoms with Gasteiger partial charge in [-0.15, -0.1) is 0 Å². The first kappa shape index (κ1) is 30.8. The number of urea groups is 1. The minimum absolute atomic E-state index is 0.147. The summed E-state index contributed by atoms with van der Waals surface area (Å²) in [5, 5.41) is 12.8. The van der Waals surface area contributed by atoms with Crippen LogP contribution in [0.3, 0.4) is 0 Å². The Morgan fingerprint density at radius 1 is 1.02 bits per heavy atom. The molecule has 0 radical (unpaired) electrons. The van der Waals surface area contributed by atoms with Gasteiger partial charge in [0, 0.05) is 50.5 Å². The van der Waals surface area contributed by atoms with Crippen LogP contribution in [0.15, 0.2) is 24.3 Å². The predicted molar refractivity (Wildman–Crippen MR) is 147 cm³/mol. The van der Waals surface area contributed by atoms with Crippen molar-refractivity contribution in [1.82, 2.24) is 20.4 Å². The van der Waals surface area contributed by atoms with Crippen LogP contribution in [-0.4, -0.2) is 111 Å². The molecule has 2 saturated heterocycles. The van der Waals surface area contributed by atoms with E-state index in [-0.39, 0.29) is 31.1 Å². The van der Waals surface area contributed by atoms with Crippen LogP contribution in [0, 0.1) is 5.41 Å². The lowest BCUT2D eigenvalue weighted by Crippen LogP contribution is -2.49. The molecule has 3 amide bonds. The van der Waals surface area contributed by atoms with Crippen LogP contribution in [0.5, 0.6) is 0 Å². The molecule has 3 N–H and O–H groups in total. The smallest absolute Gasteiger partial charge is 0.414 e. The second-order valence-electron chi connectivity index (χ2n) is 9.62. The fourth-order valence-electron chi connectivity index (χ4n) is 4.37. The van der Waals surface area contributed by atoms with Crippen molar-refractivity contribution in [3.8, 4) is 0 Å². The minimum Gasteiger partial charge on any atom is -0.466 e. The Labute approximate surface area is 234 Å². The number of benzene rings is 1. The minimum atomic E-state index is -0.696. The molecule has 1 aromatic carbocycles. The molecule has 2 aliphatic rings. The summed E-state index contributed by atoms with van der Waals surface area (Å²) in [4.78, 5) is 53.7. The number of amides is 3. The highest BCUT2D eigenvalue weighted by atomic mass is 16.6. The summed E-state index contributed by atoms with van der Waals surface area (Å²) in [5.41, 5.74) is 1.07. The molecule has 0 bridgehead atoms. The molecule has 0 aliphatic carbocycles. The largest absolute Gasteiger partial charge is 0.466 e. The first-order valence-corrected chi connectivity index (χ1v) is 13.8. The summed E-state index contributed by atoms with van der Waals surface area (Å²) in [7, 11) is 0. The van der Waals surface area contributed by atoms with Crippen molar-refractivity contribution in [3.05, 3.63) is 29.8 Å². The quantitative estimate of drug-likeness (QED) is 0.107. The third-order valence-corrected chi connectivity index (χ3v) is 6.60. The summed E-state index contributed by atoms with van der Waals surface area (Å²) in [5.74, 6) is -0.864. The molecule has 0 aromatic heterocycles. The standard InChI is InChI=1S/C27H40N6O7/c1-3-5-16-39-23(34)10-11-31-12-14-32(15-13-31)18-22-19-33(27(37)40-22)21-8-6-20(7-9-21)25(28)30-26(36)29-17-24(35)38-4-2/h6-9,22H,3-5,10-19H2,1-2H3,(H3,28,29,30,36). The Morgan fingerprint density at radius 3 is 2.40 bits per heavy atom. The highest BCUT2D eigenvalue weighted by Gasteiger charge is 2.34. The fraction of sp³-hybridized carbons (Fsp3) is 0.593. The molecule has 1 aromatic rings. The molecule has 2 heterocycles. The zero-order valence-corrected chi connectivity index (χ0v) is 23.3. The molecule has 2 aliphatic heterocycles. The number of carbonyl (C=O) groups is 4. The lowest BCUT2D eigenvalue weighted by molar-refractivity contribution is -0.144. The van der Waals surface area contributed by atoms with Crippen LogP contribution in [0.2, 0.25) is 0 Å². The zero-order valence-electron chi connectivity index (χ0n) is 23.3. The van der Waals surface area contributed by atoms with E-state index in [1.54, 1.807) is 36.1 Å². The van der Waals surface area contributed by atoms with Gasteiger partial charge in [-0.05, 0) is 37.6 Å². The fourth-order valence-corrected chi connectivity index (χ4v) is 4.37. The molecule has 0 saturated carbocycles. The van der Waals surface area contributed by atoms with Gasteiger partial charge in [-0.3, -0.25) is 30.1 Å². The maximum Gasteiger partial charge on any atom is 0.414 e. The van der Waals surface area contributed by atoms with Gasteiger partial charge in [-0.2, -0.15) is 0 Å². The number of unbranched alkanes of at least 4 members (excludes halogenated alkanes) is 1. The van der Waals surface area contributed by atoms with Crippen LogP contribution < -0.4 is 15.5 Å². The number of hydrogen-bond donors (Lipinski definition) is 3.